The molecule has 0 atom stereocenters. The van der Waals surface area contributed by atoms with Gasteiger partial charge in [0.25, 0.3) is 0 Å². The van der Waals surface area contributed by atoms with Crippen molar-refractivity contribution in [3.63, 3.8) is 0 Å². The number of ether oxygens (including phenoxy) is 2. The summed E-state index contributed by atoms with van der Waals surface area (Å²) in [5.74, 6) is 1.22. The number of rotatable bonds is 6. The predicted molar refractivity (Wildman–Crippen MR) is 116 cm³/mol. The first-order valence-corrected chi connectivity index (χ1v) is 10.8. The third kappa shape index (κ3) is 5.40. The van der Waals surface area contributed by atoms with Crippen molar-refractivity contribution < 1.29 is 14.6 Å². The second kappa shape index (κ2) is 9.95. The van der Waals surface area contributed by atoms with Crippen molar-refractivity contribution in [1.29, 1.82) is 0 Å². The molecule has 2 aliphatic rings. The van der Waals surface area contributed by atoms with E-state index in [1.54, 1.807) is 6.07 Å². The minimum Gasteiger partial charge on any atom is -0.508 e. The maximum Gasteiger partial charge on any atom is 0.119 e. The molecule has 154 valence electrons. The van der Waals surface area contributed by atoms with Crippen molar-refractivity contribution in [3.05, 3.63) is 65.2 Å². The first kappa shape index (κ1) is 20.0. The van der Waals surface area contributed by atoms with Gasteiger partial charge >= 0.3 is 0 Å². The van der Waals surface area contributed by atoms with Gasteiger partial charge in [-0.15, -0.1) is 0 Å². The highest BCUT2D eigenvalue weighted by atomic mass is 16.5. The molecule has 2 aromatic rings. The molecular formula is C25H31NO3. The van der Waals surface area contributed by atoms with Crippen LogP contribution in [0.5, 0.6) is 11.5 Å². The number of hydrogen-bond acceptors (Lipinski definition) is 4. The highest BCUT2D eigenvalue weighted by Crippen LogP contribution is 2.36. The van der Waals surface area contributed by atoms with Gasteiger partial charge in [-0.3, -0.25) is 4.90 Å². The van der Waals surface area contributed by atoms with E-state index in [0.717, 1.165) is 57.0 Å². The molecule has 2 fully saturated rings. The Morgan fingerprint density at radius 3 is 2.41 bits per heavy atom. The summed E-state index contributed by atoms with van der Waals surface area (Å²) < 4.78 is 11.5. The van der Waals surface area contributed by atoms with Crippen LogP contribution < -0.4 is 4.74 Å². The Balaban J connectivity index is 1.54. The number of nitrogens with zero attached hydrogens (tertiary/aromatic N) is 1. The number of aromatic hydroxyl groups is 1. The lowest BCUT2D eigenvalue weighted by atomic mass is 9.85. The SMILES string of the molecule is Oc1cccc(C(=C2CCCCC2)c2cccc(OCCN3CCOCC3)c2)c1. The molecule has 4 nitrogen and oxygen atoms in total. The molecule has 4 heteroatoms. The van der Waals surface area contributed by atoms with Crippen LogP contribution in [-0.2, 0) is 4.74 Å². The predicted octanol–water partition coefficient (Wildman–Crippen LogP) is 4.87. The summed E-state index contributed by atoms with van der Waals surface area (Å²) in [4.78, 5) is 2.38. The third-order valence-electron chi connectivity index (χ3n) is 5.85. The zero-order valence-corrected chi connectivity index (χ0v) is 17.1. The third-order valence-corrected chi connectivity index (χ3v) is 5.85. The Bertz CT molecular complexity index is 831. The molecule has 0 unspecified atom stereocenters. The maximum absolute atomic E-state index is 10.0. The summed E-state index contributed by atoms with van der Waals surface area (Å²) in [6.07, 6.45) is 6.06. The van der Waals surface area contributed by atoms with E-state index in [0.29, 0.717) is 12.4 Å². The molecule has 4 rings (SSSR count). The average Bonchev–Trinajstić information content (AvgIpc) is 2.76. The monoisotopic (exact) mass is 393 g/mol. The smallest absolute Gasteiger partial charge is 0.119 e. The summed E-state index contributed by atoms with van der Waals surface area (Å²) in [6, 6.07) is 16.1. The van der Waals surface area contributed by atoms with Crippen molar-refractivity contribution >= 4 is 5.57 Å². The Kier molecular flexibility index (Phi) is 6.86. The van der Waals surface area contributed by atoms with Crippen LogP contribution in [-0.4, -0.2) is 49.5 Å². The van der Waals surface area contributed by atoms with E-state index in [1.807, 2.05) is 18.2 Å². The minimum atomic E-state index is 0.314. The number of allylic oxidation sites excluding steroid dienone is 1. The zero-order valence-electron chi connectivity index (χ0n) is 17.1. The van der Waals surface area contributed by atoms with Crippen LogP contribution in [0.4, 0.5) is 0 Å². The molecule has 0 radical (unpaired) electrons. The van der Waals surface area contributed by atoms with Gasteiger partial charge in [-0.2, -0.15) is 0 Å². The lowest BCUT2D eigenvalue weighted by molar-refractivity contribution is 0.0322. The van der Waals surface area contributed by atoms with Gasteiger partial charge in [0.2, 0.25) is 0 Å². The molecule has 1 aliphatic heterocycles. The van der Waals surface area contributed by atoms with E-state index in [-0.39, 0.29) is 0 Å². The minimum absolute atomic E-state index is 0.314. The molecule has 1 N–H and O–H groups in total. The van der Waals surface area contributed by atoms with E-state index in [1.165, 1.54) is 36.0 Å². The fourth-order valence-electron chi connectivity index (χ4n) is 4.32. The number of phenolic OH excluding ortho intramolecular Hbond substituents is 1. The van der Waals surface area contributed by atoms with Gasteiger partial charge in [0, 0.05) is 19.6 Å². The highest BCUT2D eigenvalue weighted by molar-refractivity contribution is 5.83. The standard InChI is InChI=1S/C25H31NO3/c27-23-10-4-8-21(18-23)25(20-6-2-1-3-7-20)22-9-5-11-24(19-22)29-17-14-26-12-15-28-16-13-26/h4-5,8-11,18-19,27H,1-3,6-7,12-17H2. The fraction of sp³-hybridized carbons (Fsp3) is 0.440. The molecule has 1 heterocycles. The van der Waals surface area contributed by atoms with Gasteiger partial charge in [-0.1, -0.05) is 36.3 Å². The topological polar surface area (TPSA) is 41.9 Å². The van der Waals surface area contributed by atoms with E-state index in [2.05, 4.69) is 29.2 Å². The van der Waals surface area contributed by atoms with Crippen molar-refractivity contribution in [2.75, 3.05) is 39.5 Å². The summed E-state index contributed by atoms with van der Waals surface area (Å²) in [5, 5.41) is 10.0. The van der Waals surface area contributed by atoms with Gasteiger partial charge in [0.05, 0.1) is 13.2 Å². The van der Waals surface area contributed by atoms with Crippen LogP contribution in [0.25, 0.3) is 5.57 Å². The Hall–Kier alpha value is -2.30. The van der Waals surface area contributed by atoms with Gasteiger partial charge < -0.3 is 14.6 Å². The van der Waals surface area contributed by atoms with Crippen LogP contribution in [0, 0.1) is 0 Å². The van der Waals surface area contributed by atoms with E-state index in [4.69, 9.17) is 9.47 Å². The van der Waals surface area contributed by atoms with E-state index < -0.39 is 0 Å². The zero-order chi connectivity index (χ0) is 19.9. The molecule has 2 aromatic carbocycles. The number of hydrogen-bond donors (Lipinski definition) is 1. The summed E-state index contributed by atoms with van der Waals surface area (Å²) in [5.41, 5.74) is 5.02. The van der Waals surface area contributed by atoms with Gasteiger partial charge in [0.15, 0.2) is 0 Å². The van der Waals surface area contributed by atoms with Gasteiger partial charge in [0.1, 0.15) is 18.1 Å². The van der Waals surface area contributed by atoms with Crippen LogP contribution in [0.15, 0.2) is 54.1 Å². The highest BCUT2D eigenvalue weighted by Gasteiger charge is 2.16. The Labute approximate surface area is 173 Å². The van der Waals surface area contributed by atoms with Crippen LogP contribution in [0.2, 0.25) is 0 Å². The second-order valence-electron chi connectivity index (χ2n) is 7.92. The average molecular weight is 394 g/mol. The molecular weight excluding hydrogens is 362 g/mol. The lowest BCUT2D eigenvalue weighted by Crippen LogP contribution is -2.38. The Morgan fingerprint density at radius 1 is 0.931 bits per heavy atom. The summed E-state index contributed by atoms with van der Waals surface area (Å²) in [7, 11) is 0. The van der Waals surface area contributed by atoms with Gasteiger partial charge in [-0.25, -0.2) is 0 Å². The molecule has 1 saturated heterocycles. The summed E-state index contributed by atoms with van der Waals surface area (Å²) >= 11 is 0. The van der Waals surface area contributed by atoms with Crippen LogP contribution >= 0.6 is 0 Å². The van der Waals surface area contributed by atoms with Crippen molar-refractivity contribution in [2.45, 2.75) is 32.1 Å². The fourth-order valence-corrected chi connectivity index (χ4v) is 4.32. The van der Waals surface area contributed by atoms with E-state index in [9.17, 15) is 5.11 Å². The van der Waals surface area contributed by atoms with E-state index >= 15 is 0 Å². The lowest BCUT2D eigenvalue weighted by Gasteiger charge is -2.26. The molecule has 0 spiro atoms. The summed E-state index contributed by atoms with van der Waals surface area (Å²) in [6.45, 7) is 5.20. The molecule has 29 heavy (non-hydrogen) atoms. The molecule has 1 saturated carbocycles. The number of benzene rings is 2. The Morgan fingerprint density at radius 2 is 1.66 bits per heavy atom. The molecule has 0 amide bonds. The van der Waals surface area contributed by atoms with Crippen molar-refractivity contribution in [2.24, 2.45) is 0 Å². The molecule has 1 aliphatic carbocycles. The van der Waals surface area contributed by atoms with Crippen molar-refractivity contribution in [3.8, 4) is 11.5 Å². The molecule has 0 bridgehead atoms. The second-order valence-corrected chi connectivity index (χ2v) is 7.92. The van der Waals surface area contributed by atoms with Crippen LogP contribution in [0.1, 0.15) is 43.2 Å². The van der Waals surface area contributed by atoms with Crippen LogP contribution in [0.3, 0.4) is 0 Å². The number of phenols is 1. The quantitative estimate of drug-likeness (QED) is 0.760. The largest absolute Gasteiger partial charge is 0.508 e. The number of morpholine rings is 1. The maximum atomic E-state index is 10.0. The first-order chi connectivity index (χ1) is 14.3. The normalized spacial score (nSPS) is 17.9. The first-order valence-electron chi connectivity index (χ1n) is 10.8. The van der Waals surface area contributed by atoms with Crippen molar-refractivity contribution in [1.82, 2.24) is 4.90 Å². The van der Waals surface area contributed by atoms with Gasteiger partial charge in [-0.05, 0) is 66.6 Å². The molecule has 0 aromatic heterocycles.